The summed E-state index contributed by atoms with van der Waals surface area (Å²) in [5.41, 5.74) is 1.42. The molecule has 0 aliphatic heterocycles. The Balaban J connectivity index is 1.90. The van der Waals surface area contributed by atoms with Crippen molar-refractivity contribution in [3.63, 3.8) is 0 Å². The quantitative estimate of drug-likeness (QED) is 0.704. The minimum Gasteiger partial charge on any atom is -0.506 e. The number of aromatic hydroxyl groups is 1. The van der Waals surface area contributed by atoms with E-state index >= 15 is 0 Å². The first-order chi connectivity index (χ1) is 8.65. The number of urea groups is 1. The molecule has 2 rings (SSSR count). The molecule has 0 saturated heterocycles. The molecule has 4 nitrogen and oxygen atoms in total. The maximum absolute atomic E-state index is 11.8. The van der Waals surface area contributed by atoms with Crippen LogP contribution in [0, 0.1) is 6.92 Å². The molecule has 1 aromatic rings. The van der Waals surface area contributed by atoms with Crippen LogP contribution in [0.1, 0.15) is 37.7 Å². The van der Waals surface area contributed by atoms with E-state index in [0.29, 0.717) is 5.69 Å². The van der Waals surface area contributed by atoms with Gasteiger partial charge in [0.2, 0.25) is 0 Å². The molecule has 0 atom stereocenters. The van der Waals surface area contributed by atoms with Gasteiger partial charge in [-0.05, 0) is 37.5 Å². The van der Waals surface area contributed by atoms with Gasteiger partial charge in [0.15, 0.2) is 0 Å². The molecule has 1 aliphatic carbocycles. The van der Waals surface area contributed by atoms with Crippen molar-refractivity contribution in [3.8, 4) is 5.75 Å². The Hall–Kier alpha value is -1.71. The number of phenolic OH excluding ortho intramolecular Hbond substituents is 1. The molecule has 0 spiro atoms. The molecule has 0 unspecified atom stereocenters. The molecule has 0 radical (unpaired) electrons. The lowest BCUT2D eigenvalue weighted by atomic mass is 9.96. The Morgan fingerprint density at radius 3 is 2.67 bits per heavy atom. The second-order valence-corrected chi connectivity index (χ2v) is 4.95. The molecule has 4 heteroatoms. The fraction of sp³-hybridized carbons (Fsp3) is 0.500. The van der Waals surface area contributed by atoms with Gasteiger partial charge in [0, 0.05) is 6.04 Å². The highest BCUT2D eigenvalue weighted by Crippen LogP contribution is 2.24. The number of carbonyl (C=O) groups excluding carboxylic acids is 1. The number of nitrogens with one attached hydrogen (secondary N) is 2. The molecule has 1 saturated carbocycles. The summed E-state index contributed by atoms with van der Waals surface area (Å²) >= 11 is 0. The number of phenols is 1. The third-order valence-corrected chi connectivity index (χ3v) is 3.34. The second kappa shape index (κ2) is 5.76. The molecule has 18 heavy (non-hydrogen) atoms. The normalized spacial score (nSPS) is 16.3. The Morgan fingerprint density at radius 2 is 2.00 bits per heavy atom. The van der Waals surface area contributed by atoms with Crippen molar-refractivity contribution in [3.05, 3.63) is 23.8 Å². The van der Waals surface area contributed by atoms with E-state index in [1.54, 1.807) is 12.1 Å². The molecule has 0 bridgehead atoms. The molecule has 0 aromatic heterocycles. The highest BCUT2D eigenvalue weighted by molar-refractivity contribution is 5.91. The number of hydrogen-bond acceptors (Lipinski definition) is 2. The zero-order valence-electron chi connectivity index (χ0n) is 10.7. The maximum atomic E-state index is 11.8. The Morgan fingerprint density at radius 1 is 1.28 bits per heavy atom. The largest absolute Gasteiger partial charge is 0.506 e. The summed E-state index contributed by atoms with van der Waals surface area (Å²) in [6.07, 6.45) is 5.72. The van der Waals surface area contributed by atoms with Crippen LogP contribution in [0.3, 0.4) is 0 Å². The standard InChI is InChI=1S/C14H20N2O2/c1-10-7-8-12(13(17)9-10)16-14(18)15-11-5-3-2-4-6-11/h7-9,11,17H,2-6H2,1H3,(H2,15,16,18). The number of aryl methyl sites for hydroxylation is 1. The molecular formula is C14H20N2O2. The summed E-state index contributed by atoms with van der Waals surface area (Å²) in [5.74, 6) is 0.105. The van der Waals surface area contributed by atoms with Crippen LogP contribution in [0.4, 0.5) is 10.5 Å². The molecule has 98 valence electrons. The monoisotopic (exact) mass is 248 g/mol. The van der Waals surface area contributed by atoms with Crippen LogP contribution in [0.5, 0.6) is 5.75 Å². The second-order valence-electron chi connectivity index (χ2n) is 4.95. The van der Waals surface area contributed by atoms with Crippen LogP contribution in [-0.2, 0) is 0 Å². The average Bonchev–Trinajstić information content (AvgIpc) is 2.34. The lowest BCUT2D eigenvalue weighted by molar-refractivity contribution is 0.244. The van der Waals surface area contributed by atoms with E-state index in [4.69, 9.17) is 0 Å². The Labute approximate surface area is 107 Å². The summed E-state index contributed by atoms with van der Waals surface area (Å²) in [5, 5.41) is 15.3. The number of anilines is 1. The van der Waals surface area contributed by atoms with Crippen LogP contribution in [0.2, 0.25) is 0 Å². The van der Waals surface area contributed by atoms with E-state index in [-0.39, 0.29) is 17.8 Å². The third kappa shape index (κ3) is 3.39. The summed E-state index contributed by atoms with van der Waals surface area (Å²) < 4.78 is 0. The minimum atomic E-state index is -0.235. The number of benzene rings is 1. The van der Waals surface area contributed by atoms with Crippen LogP contribution >= 0.6 is 0 Å². The summed E-state index contributed by atoms with van der Waals surface area (Å²) in [7, 11) is 0. The SMILES string of the molecule is Cc1ccc(NC(=O)NC2CCCCC2)c(O)c1. The van der Waals surface area contributed by atoms with E-state index in [0.717, 1.165) is 18.4 Å². The van der Waals surface area contributed by atoms with Crippen LogP contribution < -0.4 is 10.6 Å². The lowest BCUT2D eigenvalue weighted by Gasteiger charge is -2.23. The van der Waals surface area contributed by atoms with Gasteiger partial charge < -0.3 is 15.7 Å². The van der Waals surface area contributed by atoms with Crippen molar-refractivity contribution in [2.24, 2.45) is 0 Å². The first kappa shape index (κ1) is 12.7. The molecule has 0 heterocycles. The van der Waals surface area contributed by atoms with Crippen molar-refractivity contribution in [2.45, 2.75) is 45.1 Å². The van der Waals surface area contributed by atoms with E-state index < -0.39 is 0 Å². The van der Waals surface area contributed by atoms with Crippen molar-refractivity contribution in [1.29, 1.82) is 0 Å². The van der Waals surface area contributed by atoms with Gasteiger partial charge in [-0.15, -0.1) is 0 Å². The molecule has 3 N–H and O–H groups in total. The molecular weight excluding hydrogens is 228 g/mol. The fourth-order valence-corrected chi connectivity index (χ4v) is 2.34. The predicted octanol–water partition coefficient (Wildman–Crippen LogP) is 3.15. The minimum absolute atomic E-state index is 0.105. The van der Waals surface area contributed by atoms with Crippen molar-refractivity contribution >= 4 is 11.7 Å². The zero-order chi connectivity index (χ0) is 13.0. The van der Waals surface area contributed by atoms with Gasteiger partial charge in [0.05, 0.1) is 5.69 Å². The van der Waals surface area contributed by atoms with Gasteiger partial charge in [-0.1, -0.05) is 25.3 Å². The van der Waals surface area contributed by atoms with Gasteiger partial charge in [-0.25, -0.2) is 4.79 Å². The highest BCUT2D eigenvalue weighted by Gasteiger charge is 2.16. The number of hydrogen-bond donors (Lipinski definition) is 3. The van der Waals surface area contributed by atoms with E-state index in [1.807, 2.05) is 13.0 Å². The van der Waals surface area contributed by atoms with E-state index in [1.165, 1.54) is 19.3 Å². The van der Waals surface area contributed by atoms with Gasteiger partial charge in [0.1, 0.15) is 5.75 Å². The summed E-state index contributed by atoms with van der Waals surface area (Å²) in [6, 6.07) is 5.24. The zero-order valence-corrected chi connectivity index (χ0v) is 10.7. The smallest absolute Gasteiger partial charge is 0.319 e. The van der Waals surface area contributed by atoms with Gasteiger partial charge in [-0.2, -0.15) is 0 Å². The number of amides is 2. The predicted molar refractivity (Wildman–Crippen MR) is 71.9 cm³/mol. The van der Waals surface area contributed by atoms with Gasteiger partial charge >= 0.3 is 6.03 Å². The first-order valence-electron chi connectivity index (χ1n) is 6.52. The van der Waals surface area contributed by atoms with E-state index in [2.05, 4.69) is 10.6 Å². The fourth-order valence-electron chi connectivity index (χ4n) is 2.34. The van der Waals surface area contributed by atoms with Crippen LogP contribution in [0.15, 0.2) is 18.2 Å². The topological polar surface area (TPSA) is 61.4 Å². The van der Waals surface area contributed by atoms with Crippen LogP contribution in [-0.4, -0.2) is 17.2 Å². The molecule has 1 aliphatic rings. The van der Waals surface area contributed by atoms with Crippen molar-refractivity contribution < 1.29 is 9.90 Å². The van der Waals surface area contributed by atoms with Gasteiger partial charge in [0.25, 0.3) is 0 Å². The number of carbonyl (C=O) groups is 1. The first-order valence-corrected chi connectivity index (χ1v) is 6.52. The molecule has 1 fully saturated rings. The number of rotatable bonds is 2. The van der Waals surface area contributed by atoms with Crippen molar-refractivity contribution in [1.82, 2.24) is 5.32 Å². The third-order valence-electron chi connectivity index (χ3n) is 3.34. The molecule has 2 amide bonds. The Bertz CT molecular complexity index is 426. The maximum Gasteiger partial charge on any atom is 0.319 e. The van der Waals surface area contributed by atoms with Crippen LogP contribution in [0.25, 0.3) is 0 Å². The highest BCUT2D eigenvalue weighted by atomic mass is 16.3. The van der Waals surface area contributed by atoms with Gasteiger partial charge in [-0.3, -0.25) is 0 Å². The summed E-state index contributed by atoms with van der Waals surface area (Å²) in [6.45, 7) is 1.89. The van der Waals surface area contributed by atoms with E-state index in [9.17, 15) is 9.90 Å². The molecule has 1 aromatic carbocycles. The van der Waals surface area contributed by atoms with Crippen molar-refractivity contribution in [2.75, 3.05) is 5.32 Å². The Kier molecular flexibility index (Phi) is 4.07. The lowest BCUT2D eigenvalue weighted by Crippen LogP contribution is -2.39. The average molecular weight is 248 g/mol. The summed E-state index contributed by atoms with van der Waals surface area (Å²) in [4.78, 5) is 11.8.